The van der Waals surface area contributed by atoms with Gasteiger partial charge in [0.2, 0.25) is 5.91 Å². The van der Waals surface area contributed by atoms with Crippen LogP contribution in [0.2, 0.25) is 0 Å². The first-order valence-electron chi connectivity index (χ1n) is 7.19. The van der Waals surface area contributed by atoms with Crippen molar-refractivity contribution in [2.75, 3.05) is 6.54 Å². The van der Waals surface area contributed by atoms with Crippen LogP contribution in [0, 0.1) is 16.2 Å². The second kappa shape index (κ2) is 4.22. The van der Waals surface area contributed by atoms with Gasteiger partial charge in [0, 0.05) is 12.6 Å². The van der Waals surface area contributed by atoms with Gasteiger partial charge in [0.25, 0.3) is 0 Å². The van der Waals surface area contributed by atoms with Gasteiger partial charge in [0.15, 0.2) is 0 Å². The van der Waals surface area contributed by atoms with E-state index in [9.17, 15) is 4.79 Å². The van der Waals surface area contributed by atoms with Crippen molar-refractivity contribution in [1.29, 1.82) is 0 Å². The lowest BCUT2D eigenvalue weighted by Gasteiger charge is -2.45. The lowest BCUT2D eigenvalue weighted by Crippen LogP contribution is -2.49. The number of hydrogen-bond donors (Lipinski definition) is 2. The van der Waals surface area contributed by atoms with Gasteiger partial charge in [-0.25, -0.2) is 0 Å². The third kappa shape index (κ3) is 2.87. The number of amides is 1. The molecule has 2 aliphatic rings. The first-order chi connectivity index (χ1) is 8.18. The van der Waals surface area contributed by atoms with Gasteiger partial charge in [0.05, 0.1) is 5.41 Å². The predicted molar refractivity (Wildman–Crippen MR) is 74.1 cm³/mol. The Morgan fingerprint density at radius 3 is 2.06 bits per heavy atom. The van der Waals surface area contributed by atoms with Crippen LogP contribution in [0.25, 0.3) is 0 Å². The molecule has 2 rings (SSSR count). The van der Waals surface area contributed by atoms with Crippen LogP contribution in [0.15, 0.2) is 0 Å². The third-order valence-electron chi connectivity index (χ3n) is 4.62. The molecule has 0 saturated heterocycles. The van der Waals surface area contributed by atoms with Crippen LogP contribution in [-0.4, -0.2) is 18.5 Å². The van der Waals surface area contributed by atoms with Gasteiger partial charge < -0.3 is 11.1 Å². The van der Waals surface area contributed by atoms with E-state index >= 15 is 0 Å². The maximum absolute atomic E-state index is 12.3. The Morgan fingerprint density at radius 1 is 1.17 bits per heavy atom. The summed E-state index contributed by atoms with van der Waals surface area (Å²) in [6, 6.07) is 0.320. The summed E-state index contributed by atoms with van der Waals surface area (Å²) in [5, 5.41) is 3.26. The van der Waals surface area contributed by atoms with Crippen molar-refractivity contribution in [2.45, 2.75) is 65.8 Å². The Bertz CT molecular complexity index is 326. The zero-order chi connectivity index (χ0) is 13.6. The molecule has 0 aromatic rings. The van der Waals surface area contributed by atoms with Crippen molar-refractivity contribution in [2.24, 2.45) is 22.0 Å². The van der Waals surface area contributed by atoms with Gasteiger partial charge >= 0.3 is 0 Å². The van der Waals surface area contributed by atoms with E-state index in [4.69, 9.17) is 5.73 Å². The summed E-state index contributed by atoms with van der Waals surface area (Å²) in [4.78, 5) is 12.3. The van der Waals surface area contributed by atoms with Crippen LogP contribution in [-0.2, 0) is 4.79 Å². The van der Waals surface area contributed by atoms with Crippen molar-refractivity contribution in [3.05, 3.63) is 0 Å². The molecule has 3 heteroatoms. The molecule has 0 heterocycles. The minimum absolute atomic E-state index is 0.198. The monoisotopic (exact) mass is 252 g/mol. The van der Waals surface area contributed by atoms with Crippen LogP contribution in [0.5, 0.6) is 0 Å². The highest BCUT2D eigenvalue weighted by atomic mass is 16.2. The molecule has 0 aromatic heterocycles. The van der Waals surface area contributed by atoms with E-state index in [1.807, 2.05) is 0 Å². The fourth-order valence-electron chi connectivity index (χ4n) is 3.96. The second-order valence-electron chi connectivity index (χ2n) is 8.07. The number of hydrogen-bond acceptors (Lipinski definition) is 2. The van der Waals surface area contributed by atoms with E-state index in [-0.39, 0.29) is 11.3 Å². The lowest BCUT2D eigenvalue weighted by molar-refractivity contribution is -0.127. The molecule has 0 aliphatic heterocycles. The lowest BCUT2D eigenvalue weighted by atomic mass is 9.63. The predicted octanol–water partition coefficient (Wildman–Crippen LogP) is 2.45. The van der Waals surface area contributed by atoms with E-state index in [1.54, 1.807) is 0 Å². The fraction of sp³-hybridized carbons (Fsp3) is 0.933. The molecular weight excluding hydrogens is 224 g/mol. The number of carbonyl (C=O) groups excluding carboxylic acids is 1. The minimum Gasteiger partial charge on any atom is -0.353 e. The van der Waals surface area contributed by atoms with Gasteiger partial charge in [0.1, 0.15) is 0 Å². The summed E-state index contributed by atoms with van der Waals surface area (Å²) in [7, 11) is 0. The maximum Gasteiger partial charge on any atom is 0.227 e. The Labute approximate surface area is 111 Å². The molecule has 3 nitrogen and oxygen atoms in total. The molecule has 0 spiro atoms. The smallest absolute Gasteiger partial charge is 0.227 e. The Hall–Kier alpha value is -0.570. The van der Waals surface area contributed by atoms with Gasteiger partial charge in [-0.3, -0.25) is 4.79 Å². The molecule has 2 saturated carbocycles. The first-order valence-corrected chi connectivity index (χ1v) is 7.19. The molecule has 0 unspecified atom stereocenters. The average molecular weight is 252 g/mol. The zero-order valence-electron chi connectivity index (χ0n) is 12.3. The van der Waals surface area contributed by atoms with Gasteiger partial charge in [-0.1, -0.05) is 27.7 Å². The van der Waals surface area contributed by atoms with Crippen LogP contribution in [0.1, 0.15) is 59.8 Å². The standard InChI is InChI=1S/C15H28N2O/c1-13(2)7-11(8-14(3,4)9-13)17-12(18)15(10-16)5-6-15/h11H,5-10,16H2,1-4H3,(H,17,18). The summed E-state index contributed by atoms with van der Waals surface area (Å²) in [6.45, 7) is 9.73. The van der Waals surface area contributed by atoms with E-state index in [1.165, 1.54) is 6.42 Å². The molecular formula is C15H28N2O. The highest BCUT2D eigenvalue weighted by Crippen LogP contribution is 2.48. The highest BCUT2D eigenvalue weighted by Gasteiger charge is 2.50. The Morgan fingerprint density at radius 2 is 1.67 bits per heavy atom. The summed E-state index contributed by atoms with van der Waals surface area (Å²) in [5.41, 5.74) is 6.14. The molecule has 0 bridgehead atoms. The topological polar surface area (TPSA) is 55.1 Å². The second-order valence-corrected chi connectivity index (χ2v) is 8.07. The highest BCUT2D eigenvalue weighted by molar-refractivity contribution is 5.85. The van der Waals surface area contributed by atoms with E-state index < -0.39 is 0 Å². The molecule has 18 heavy (non-hydrogen) atoms. The molecule has 2 aliphatic carbocycles. The van der Waals surface area contributed by atoms with E-state index in [2.05, 4.69) is 33.0 Å². The van der Waals surface area contributed by atoms with Gasteiger partial charge in [-0.2, -0.15) is 0 Å². The SMILES string of the molecule is CC1(C)CC(NC(=O)C2(CN)CC2)CC(C)(C)C1. The quantitative estimate of drug-likeness (QED) is 0.810. The van der Waals surface area contributed by atoms with E-state index in [0.29, 0.717) is 23.4 Å². The van der Waals surface area contributed by atoms with E-state index in [0.717, 1.165) is 25.7 Å². The molecule has 1 amide bonds. The average Bonchev–Trinajstić information content (AvgIpc) is 2.92. The van der Waals surface area contributed by atoms with Crippen LogP contribution >= 0.6 is 0 Å². The summed E-state index contributed by atoms with van der Waals surface area (Å²) < 4.78 is 0. The van der Waals surface area contributed by atoms with Gasteiger partial charge in [-0.05, 0) is 42.9 Å². The number of nitrogens with one attached hydrogen (secondary N) is 1. The summed E-state index contributed by atoms with van der Waals surface area (Å²) >= 11 is 0. The zero-order valence-corrected chi connectivity index (χ0v) is 12.3. The molecule has 3 N–H and O–H groups in total. The van der Waals surface area contributed by atoms with Crippen molar-refractivity contribution >= 4 is 5.91 Å². The molecule has 0 atom stereocenters. The minimum atomic E-state index is -0.217. The molecule has 104 valence electrons. The van der Waals surface area contributed by atoms with Crippen LogP contribution in [0.4, 0.5) is 0 Å². The molecule has 0 radical (unpaired) electrons. The van der Waals surface area contributed by atoms with Gasteiger partial charge in [-0.15, -0.1) is 0 Å². The van der Waals surface area contributed by atoms with Crippen molar-refractivity contribution in [1.82, 2.24) is 5.32 Å². The summed E-state index contributed by atoms with van der Waals surface area (Å²) in [6.07, 6.45) is 5.34. The van der Waals surface area contributed by atoms with Crippen LogP contribution in [0.3, 0.4) is 0 Å². The van der Waals surface area contributed by atoms with Crippen molar-refractivity contribution in [3.8, 4) is 0 Å². The normalized spacial score (nSPS) is 28.7. The molecule has 2 fully saturated rings. The Balaban J connectivity index is 1.99. The molecule has 0 aromatic carbocycles. The third-order valence-corrected chi connectivity index (χ3v) is 4.62. The van der Waals surface area contributed by atoms with Crippen molar-refractivity contribution < 1.29 is 4.79 Å². The van der Waals surface area contributed by atoms with Crippen molar-refractivity contribution in [3.63, 3.8) is 0 Å². The maximum atomic E-state index is 12.3. The van der Waals surface area contributed by atoms with Crippen LogP contribution < -0.4 is 11.1 Å². The Kier molecular flexibility index (Phi) is 3.25. The first kappa shape index (κ1) is 13.9. The number of carbonyl (C=O) groups is 1. The fourth-order valence-corrected chi connectivity index (χ4v) is 3.96. The largest absolute Gasteiger partial charge is 0.353 e. The summed E-state index contributed by atoms with van der Waals surface area (Å²) in [5.74, 6) is 0.198. The number of nitrogens with two attached hydrogens (primary N) is 1. The number of rotatable bonds is 3.